The summed E-state index contributed by atoms with van der Waals surface area (Å²) in [5.41, 5.74) is 0.308. The number of benzene rings is 3. The van der Waals surface area contributed by atoms with Crippen LogP contribution in [0.25, 0.3) is 5.76 Å². The van der Waals surface area contributed by atoms with Crippen LogP contribution in [0, 0.1) is 17.3 Å². The highest BCUT2D eigenvalue weighted by atomic mass is 31.2. The molecule has 0 radical (unpaired) electrons. The largest absolute Gasteiger partial charge is 0.419 e. The van der Waals surface area contributed by atoms with Crippen LogP contribution in [0.2, 0.25) is 0 Å². The van der Waals surface area contributed by atoms with Gasteiger partial charge >= 0.3 is 19.5 Å². The van der Waals surface area contributed by atoms with Crippen molar-refractivity contribution in [1.29, 1.82) is 0 Å². The predicted molar refractivity (Wildman–Crippen MR) is 197 cm³/mol. The summed E-state index contributed by atoms with van der Waals surface area (Å²) >= 11 is 0. The standard InChI is InChI=1S/C43H43O11P/c1-25(2)41-35(53-41)36-43(54-36)40(3)21-20-29-32(34(51-38(29)45)33(27-16-10-6-11-17-27)50-37(44)28-18-12-7-13-19-28)30(40)22-31-42(43,52-31)39(41)47-24-49-55(4,46)48-23-26-14-8-5-9-15-26/h5-19,25,30-31,35-36,39H,20-24H2,1-4H3/b34-33+/t30-,31-,35-,36-,39+,40-,41-,42+,43+,55?/m0/s1. The fourth-order valence-corrected chi connectivity index (χ4v) is 11.3. The molecule has 11 nitrogen and oxygen atoms in total. The normalized spacial score (nSPS) is 37.9. The number of cyclic esters (lactones) is 1. The zero-order valence-corrected chi connectivity index (χ0v) is 32.0. The molecule has 7 aliphatic rings. The molecule has 10 atom stereocenters. The Hall–Kier alpha value is -3.93. The lowest BCUT2D eigenvalue weighted by atomic mass is 9.46. The lowest BCUT2D eigenvalue weighted by Crippen LogP contribution is -2.69. The number of carbonyl (C=O) groups excluding carboxylic acids is 2. The van der Waals surface area contributed by atoms with Crippen molar-refractivity contribution in [3.8, 4) is 0 Å². The molecule has 0 aromatic heterocycles. The van der Waals surface area contributed by atoms with Crippen LogP contribution in [0.5, 0.6) is 0 Å². The maximum absolute atomic E-state index is 13.7. The summed E-state index contributed by atoms with van der Waals surface area (Å²) in [6.45, 7) is 7.75. The quantitative estimate of drug-likeness (QED) is 0.0637. The summed E-state index contributed by atoms with van der Waals surface area (Å²) in [5, 5.41) is 0. The van der Waals surface area contributed by atoms with Crippen LogP contribution in [0.1, 0.15) is 61.5 Å². The first-order valence-electron chi connectivity index (χ1n) is 19.0. The van der Waals surface area contributed by atoms with Gasteiger partial charge in [0, 0.05) is 28.8 Å². The molecule has 2 saturated carbocycles. The Morgan fingerprint density at radius 2 is 1.56 bits per heavy atom. The first kappa shape index (κ1) is 35.5. The third-order valence-corrected chi connectivity index (χ3v) is 14.5. The van der Waals surface area contributed by atoms with Crippen molar-refractivity contribution >= 4 is 25.3 Å². The Balaban J connectivity index is 0.985. The average Bonchev–Trinajstić information content (AvgIpc) is 4.12. The number of allylic oxidation sites excluding steroid dienone is 1. The van der Waals surface area contributed by atoms with E-state index in [1.807, 2.05) is 66.7 Å². The molecule has 55 heavy (non-hydrogen) atoms. The van der Waals surface area contributed by atoms with Gasteiger partial charge in [0.25, 0.3) is 0 Å². The van der Waals surface area contributed by atoms with E-state index in [9.17, 15) is 14.2 Å². The summed E-state index contributed by atoms with van der Waals surface area (Å²) in [4.78, 5) is 27.3. The summed E-state index contributed by atoms with van der Waals surface area (Å²) in [7, 11) is -3.49. The molecule has 3 aromatic carbocycles. The van der Waals surface area contributed by atoms with E-state index in [2.05, 4.69) is 20.8 Å². The molecule has 3 aromatic rings. The molecule has 5 fully saturated rings. The highest BCUT2D eigenvalue weighted by molar-refractivity contribution is 7.52. The maximum atomic E-state index is 13.7. The Morgan fingerprint density at radius 3 is 2.25 bits per heavy atom. The second kappa shape index (κ2) is 12.3. The van der Waals surface area contributed by atoms with Gasteiger partial charge in [-0.15, -0.1) is 0 Å². The fraction of sp³-hybridized carbons (Fsp3) is 0.442. The Labute approximate surface area is 319 Å². The lowest BCUT2D eigenvalue weighted by Gasteiger charge is -2.54. The van der Waals surface area contributed by atoms with Gasteiger partial charge in [-0.25, -0.2) is 9.59 Å². The van der Waals surface area contributed by atoms with Crippen molar-refractivity contribution in [1.82, 2.24) is 0 Å². The summed E-state index contributed by atoms with van der Waals surface area (Å²) in [6.07, 6.45) is 0.250. The second-order valence-corrected chi connectivity index (χ2v) is 18.4. The van der Waals surface area contributed by atoms with Gasteiger partial charge in [-0.05, 0) is 48.8 Å². The number of ether oxygens (including phenoxy) is 6. The molecule has 3 saturated heterocycles. The van der Waals surface area contributed by atoms with Crippen molar-refractivity contribution in [3.05, 3.63) is 125 Å². The minimum absolute atomic E-state index is 0.0565. The maximum Gasteiger partial charge on any atom is 0.343 e. The number of hydrogen-bond donors (Lipinski definition) is 0. The molecule has 286 valence electrons. The van der Waals surface area contributed by atoms with Gasteiger partial charge in [0.15, 0.2) is 23.9 Å². The molecule has 4 aliphatic heterocycles. The lowest BCUT2D eigenvalue weighted by molar-refractivity contribution is -0.153. The van der Waals surface area contributed by atoms with E-state index in [0.717, 1.165) is 11.1 Å². The van der Waals surface area contributed by atoms with Crippen molar-refractivity contribution in [2.75, 3.05) is 13.5 Å². The van der Waals surface area contributed by atoms with Crippen LogP contribution in [0.3, 0.4) is 0 Å². The number of hydrogen-bond acceptors (Lipinski definition) is 11. The van der Waals surface area contributed by atoms with E-state index in [4.69, 9.17) is 37.5 Å². The number of fused-ring (bicyclic) bond motifs is 4. The molecule has 0 bridgehead atoms. The minimum atomic E-state index is -3.49. The Bertz CT molecular complexity index is 2190. The Kier molecular flexibility index (Phi) is 7.92. The first-order valence-corrected chi connectivity index (χ1v) is 21.0. The summed E-state index contributed by atoms with van der Waals surface area (Å²) < 4.78 is 64.4. The summed E-state index contributed by atoms with van der Waals surface area (Å²) in [6, 6.07) is 27.5. The Morgan fingerprint density at radius 1 is 0.891 bits per heavy atom. The van der Waals surface area contributed by atoms with Crippen LogP contribution >= 0.6 is 7.60 Å². The molecule has 3 aliphatic carbocycles. The highest BCUT2D eigenvalue weighted by Crippen LogP contribution is 2.83. The smallest absolute Gasteiger partial charge is 0.343 e. The van der Waals surface area contributed by atoms with Crippen molar-refractivity contribution in [2.45, 2.75) is 87.9 Å². The third-order valence-electron chi connectivity index (χ3n) is 13.3. The van der Waals surface area contributed by atoms with E-state index in [0.29, 0.717) is 36.0 Å². The van der Waals surface area contributed by atoms with E-state index < -0.39 is 47.9 Å². The molecule has 2 spiro atoms. The van der Waals surface area contributed by atoms with Gasteiger partial charge in [0.1, 0.15) is 29.5 Å². The van der Waals surface area contributed by atoms with Crippen molar-refractivity contribution in [2.24, 2.45) is 17.3 Å². The number of rotatable bonds is 11. The molecule has 0 N–H and O–H groups in total. The first-order chi connectivity index (χ1) is 26.5. The molecule has 1 unspecified atom stereocenters. The predicted octanol–water partition coefficient (Wildman–Crippen LogP) is 7.37. The molecule has 4 heterocycles. The van der Waals surface area contributed by atoms with Crippen LogP contribution in [0.15, 0.2) is 108 Å². The molecule has 12 heteroatoms. The van der Waals surface area contributed by atoms with E-state index in [1.165, 1.54) is 6.66 Å². The van der Waals surface area contributed by atoms with Crippen LogP contribution in [-0.2, 0) is 53.4 Å². The second-order valence-electron chi connectivity index (χ2n) is 16.3. The van der Waals surface area contributed by atoms with E-state index in [-0.39, 0.29) is 55.1 Å². The van der Waals surface area contributed by atoms with Gasteiger partial charge < -0.3 is 32.9 Å². The molecule has 10 rings (SSSR count). The SMILES string of the molecule is CC(C)[C@]12O[C@H]1[C@@H]1O[C@]13[C@]1(O[C@H]1C[C@H]1C4=C(CC[C@@]13C)C(=O)O/C4=C(/OC(=O)c1ccccc1)c1ccccc1)[C@@H]2OCOP(C)(=O)OCc1ccccc1. The topological polar surface area (TPSA) is 135 Å². The van der Waals surface area contributed by atoms with Gasteiger partial charge in [0.05, 0.1) is 18.3 Å². The third kappa shape index (κ3) is 5.00. The van der Waals surface area contributed by atoms with Crippen molar-refractivity contribution < 1.29 is 51.6 Å². The van der Waals surface area contributed by atoms with Gasteiger partial charge in [-0.1, -0.05) is 99.6 Å². The minimum Gasteiger partial charge on any atom is -0.419 e. The molecular weight excluding hydrogens is 723 g/mol. The number of esters is 2. The molecular formula is C43H43O11P. The van der Waals surface area contributed by atoms with Crippen LogP contribution in [0.4, 0.5) is 0 Å². The summed E-state index contributed by atoms with van der Waals surface area (Å²) in [5.74, 6) is -0.705. The van der Waals surface area contributed by atoms with Gasteiger partial charge in [-0.3, -0.25) is 9.09 Å². The van der Waals surface area contributed by atoms with Gasteiger partial charge in [0.2, 0.25) is 0 Å². The van der Waals surface area contributed by atoms with E-state index >= 15 is 0 Å². The number of epoxide rings is 3. The monoisotopic (exact) mass is 766 g/mol. The van der Waals surface area contributed by atoms with Crippen LogP contribution < -0.4 is 0 Å². The zero-order chi connectivity index (χ0) is 38.0. The highest BCUT2D eigenvalue weighted by Gasteiger charge is 3.01. The van der Waals surface area contributed by atoms with Crippen LogP contribution in [-0.4, -0.2) is 66.6 Å². The van der Waals surface area contributed by atoms with E-state index in [1.54, 1.807) is 24.3 Å². The fourth-order valence-electron chi connectivity index (χ4n) is 10.6. The van der Waals surface area contributed by atoms with Crippen molar-refractivity contribution in [3.63, 3.8) is 0 Å². The number of carbonyl (C=O) groups is 2. The zero-order valence-electron chi connectivity index (χ0n) is 31.1. The van der Waals surface area contributed by atoms with Gasteiger partial charge in [-0.2, -0.15) is 0 Å². The average molecular weight is 767 g/mol. The molecule has 0 amide bonds.